The lowest BCUT2D eigenvalue weighted by Gasteiger charge is -2.14. The summed E-state index contributed by atoms with van der Waals surface area (Å²) >= 11 is 3.52. The SMILES string of the molecule is CC(C)CC(CN)c1nc2c(Br)cccc2[nH]1. The second-order valence-corrected chi connectivity index (χ2v) is 5.67. The molecule has 2 rings (SSSR count). The van der Waals surface area contributed by atoms with Crippen molar-refractivity contribution in [2.75, 3.05) is 6.54 Å². The van der Waals surface area contributed by atoms with Crippen LogP contribution in [0.1, 0.15) is 32.0 Å². The molecule has 1 atom stereocenters. The minimum atomic E-state index is 0.314. The monoisotopic (exact) mass is 295 g/mol. The molecule has 0 aliphatic heterocycles. The van der Waals surface area contributed by atoms with Crippen LogP contribution in [0.25, 0.3) is 11.0 Å². The molecule has 0 spiro atoms. The van der Waals surface area contributed by atoms with Gasteiger partial charge in [-0.1, -0.05) is 19.9 Å². The standard InChI is InChI=1S/C13H18BrN3/c1-8(2)6-9(7-15)13-16-11-5-3-4-10(14)12(11)17-13/h3-5,8-9H,6-7,15H2,1-2H3,(H,16,17). The molecule has 2 aromatic rings. The van der Waals surface area contributed by atoms with Gasteiger partial charge < -0.3 is 10.7 Å². The lowest BCUT2D eigenvalue weighted by atomic mass is 9.97. The first-order valence-corrected chi connectivity index (χ1v) is 6.75. The van der Waals surface area contributed by atoms with E-state index in [1.807, 2.05) is 18.2 Å². The number of nitrogens with zero attached hydrogens (tertiary/aromatic N) is 1. The Morgan fingerprint density at radius 2 is 2.18 bits per heavy atom. The van der Waals surface area contributed by atoms with Gasteiger partial charge in [0.25, 0.3) is 0 Å². The van der Waals surface area contributed by atoms with Crippen molar-refractivity contribution in [3.8, 4) is 0 Å². The highest BCUT2D eigenvalue weighted by atomic mass is 79.9. The van der Waals surface area contributed by atoms with Gasteiger partial charge in [0.15, 0.2) is 0 Å². The smallest absolute Gasteiger partial charge is 0.111 e. The van der Waals surface area contributed by atoms with E-state index < -0.39 is 0 Å². The van der Waals surface area contributed by atoms with Crippen molar-refractivity contribution in [1.29, 1.82) is 0 Å². The zero-order valence-electron chi connectivity index (χ0n) is 10.2. The Kier molecular flexibility index (Phi) is 3.84. The molecule has 1 aromatic carbocycles. The van der Waals surface area contributed by atoms with E-state index in [1.54, 1.807) is 0 Å². The molecule has 17 heavy (non-hydrogen) atoms. The normalized spacial score (nSPS) is 13.5. The second kappa shape index (κ2) is 5.19. The molecule has 0 aliphatic rings. The quantitative estimate of drug-likeness (QED) is 0.908. The summed E-state index contributed by atoms with van der Waals surface area (Å²) in [5.41, 5.74) is 7.90. The van der Waals surface area contributed by atoms with Crippen LogP contribution in [0.15, 0.2) is 22.7 Å². The van der Waals surface area contributed by atoms with Gasteiger partial charge in [-0.2, -0.15) is 0 Å². The van der Waals surface area contributed by atoms with Crippen LogP contribution in [0.4, 0.5) is 0 Å². The number of H-pyrrole nitrogens is 1. The highest BCUT2D eigenvalue weighted by molar-refractivity contribution is 9.10. The topological polar surface area (TPSA) is 54.7 Å². The largest absolute Gasteiger partial charge is 0.342 e. The molecule has 0 fully saturated rings. The van der Waals surface area contributed by atoms with Crippen molar-refractivity contribution in [2.24, 2.45) is 11.7 Å². The van der Waals surface area contributed by atoms with E-state index in [-0.39, 0.29) is 0 Å². The number of para-hydroxylation sites is 1. The van der Waals surface area contributed by atoms with Gasteiger partial charge in [-0.15, -0.1) is 0 Å². The zero-order chi connectivity index (χ0) is 12.4. The molecule has 0 amide bonds. The maximum atomic E-state index is 5.84. The third-order valence-corrected chi connectivity index (χ3v) is 3.55. The number of rotatable bonds is 4. The maximum absolute atomic E-state index is 5.84. The zero-order valence-corrected chi connectivity index (χ0v) is 11.8. The predicted molar refractivity (Wildman–Crippen MR) is 75.0 cm³/mol. The van der Waals surface area contributed by atoms with Crippen LogP contribution >= 0.6 is 15.9 Å². The van der Waals surface area contributed by atoms with Crippen LogP contribution in [0.2, 0.25) is 0 Å². The Bertz CT molecular complexity index is 504. The molecule has 1 aromatic heterocycles. The van der Waals surface area contributed by atoms with Gasteiger partial charge in [-0.25, -0.2) is 4.98 Å². The van der Waals surface area contributed by atoms with E-state index in [1.165, 1.54) is 0 Å². The highest BCUT2D eigenvalue weighted by Crippen LogP contribution is 2.26. The number of hydrogen-bond acceptors (Lipinski definition) is 2. The summed E-state index contributed by atoms with van der Waals surface area (Å²) in [6.45, 7) is 5.05. The molecule has 4 heteroatoms. The van der Waals surface area contributed by atoms with Crippen molar-refractivity contribution in [1.82, 2.24) is 9.97 Å². The number of benzene rings is 1. The molecular weight excluding hydrogens is 278 g/mol. The Morgan fingerprint density at radius 1 is 1.41 bits per heavy atom. The van der Waals surface area contributed by atoms with Crippen molar-refractivity contribution in [3.05, 3.63) is 28.5 Å². The van der Waals surface area contributed by atoms with Crippen LogP contribution in [0.3, 0.4) is 0 Å². The van der Waals surface area contributed by atoms with E-state index in [9.17, 15) is 0 Å². The Hall–Kier alpha value is -0.870. The second-order valence-electron chi connectivity index (χ2n) is 4.82. The summed E-state index contributed by atoms with van der Waals surface area (Å²) in [5, 5.41) is 0. The average Bonchev–Trinajstić information content (AvgIpc) is 2.70. The average molecular weight is 296 g/mol. The number of nitrogens with one attached hydrogen (secondary N) is 1. The van der Waals surface area contributed by atoms with E-state index in [2.05, 4.69) is 39.7 Å². The summed E-state index contributed by atoms with van der Waals surface area (Å²) in [6.07, 6.45) is 1.06. The van der Waals surface area contributed by atoms with Crippen LogP contribution in [-0.4, -0.2) is 16.5 Å². The Morgan fingerprint density at radius 3 is 2.76 bits per heavy atom. The third-order valence-electron chi connectivity index (χ3n) is 2.91. The van der Waals surface area contributed by atoms with Crippen LogP contribution in [-0.2, 0) is 0 Å². The fourth-order valence-electron chi connectivity index (χ4n) is 2.10. The van der Waals surface area contributed by atoms with Gasteiger partial charge >= 0.3 is 0 Å². The van der Waals surface area contributed by atoms with Gasteiger partial charge in [0, 0.05) is 16.9 Å². The fraction of sp³-hybridized carbons (Fsp3) is 0.462. The van der Waals surface area contributed by atoms with Crippen molar-refractivity contribution < 1.29 is 0 Å². The number of aromatic nitrogens is 2. The first-order valence-electron chi connectivity index (χ1n) is 5.96. The summed E-state index contributed by atoms with van der Waals surface area (Å²) in [7, 11) is 0. The number of fused-ring (bicyclic) bond motifs is 1. The molecule has 1 unspecified atom stereocenters. The number of nitrogens with two attached hydrogens (primary N) is 1. The molecule has 0 saturated carbocycles. The van der Waals surface area contributed by atoms with E-state index in [0.29, 0.717) is 18.4 Å². The van der Waals surface area contributed by atoms with Gasteiger partial charge in [-0.3, -0.25) is 0 Å². The van der Waals surface area contributed by atoms with Crippen molar-refractivity contribution in [3.63, 3.8) is 0 Å². The highest BCUT2D eigenvalue weighted by Gasteiger charge is 2.16. The van der Waals surface area contributed by atoms with Crippen LogP contribution in [0, 0.1) is 5.92 Å². The molecule has 3 N–H and O–H groups in total. The first kappa shape index (κ1) is 12.6. The number of aromatic amines is 1. The molecule has 0 aliphatic carbocycles. The Labute approximate surface area is 110 Å². The van der Waals surface area contributed by atoms with Gasteiger partial charge in [0.2, 0.25) is 0 Å². The number of hydrogen-bond donors (Lipinski definition) is 2. The third kappa shape index (κ3) is 2.69. The van der Waals surface area contributed by atoms with Gasteiger partial charge in [-0.05, 0) is 40.4 Å². The molecule has 3 nitrogen and oxygen atoms in total. The number of halogens is 1. The summed E-state index contributed by atoms with van der Waals surface area (Å²) in [5.74, 6) is 1.94. The number of imidazole rings is 1. The van der Waals surface area contributed by atoms with E-state index in [4.69, 9.17) is 5.73 Å². The van der Waals surface area contributed by atoms with Crippen molar-refractivity contribution in [2.45, 2.75) is 26.2 Å². The summed E-state index contributed by atoms with van der Waals surface area (Å²) in [6, 6.07) is 6.06. The fourth-order valence-corrected chi connectivity index (χ4v) is 2.55. The first-order chi connectivity index (χ1) is 8.11. The van der Waals surface area contributed by atoms with E-state index >= 15 is 0 Å². The minimum absolute atomic E-state index is 0.314. The molecule has 0 radical (unpaired) electrons. The van der Waals surface area contributed by atoms with Gasteiger partial charge in [0.1, 0.15) is 11.3 Å². The molecule has 0 bridgehead atoms. The van der Waals surface area contributed by atoms with Crippen LogP contribution < -0.4 is 5.73 Å². The molecule has 1 heterocycles. The minimum Gasteiger partial charge on any atom is -0.342 e. The Balaban J connectivity index is 2.37. The molecular formula is C13H18BrN3. The summed E-state index contributed by atoms with van der Waals surface area (Å²) in [4.78, 5) is 8.03. The lowest BCUT2D eigenvalue weighted by molar-refractivity contribution is 0.491. The van der Waals surface area contributed by atoms with Gasteiger partial charge in [0.05, 0.1) is 5.52 Å². The lowest BCUT2D eigenvalue weighted by Crippen LogP contribution is -2.15. The molecule has 0 saturated heterocycles. The van der Waals surface area contributed by atoms with Crippen molar-refractivity contribution >= 4 is 27.0 Å². The maximum Gasteiger partial charge on any atom is 0.111 e. The summed E-state index contributed by atoms with van der Waals surface area (Å²) < 4.78 is 1.03. The predicted octanol–water partition coefficient (Wildman–Crippen LogP) is 3.41. The van der Waals surface area contributed by atoms with Crippen LogP contribution in [0.5, 0.6) is 0 Å². The molecule has 92 valence electrons. The van der Waals surface area contributed by atoms with E-state index in [0.717, 1.165) is 27.8 Å².